The number of nitrogens with zero attached hydrogens (tertiary/aromatic N) is 3. The van der Waals surface area contributed by atoms with Crippen LogP contribution in [0, 0.1) is 24.0 Å². The second kappa shape index (κ2) is 7.39. The number of hydrogen-bond donors (Lipinski definition) is 1. The second-order valence-corrected chi connectivity index (χ2v) is 6.79. The largest absolute Gasteiger partial charge is 0.334 e. The highest BCUT2D eigenvalue weighted by molar-refractivity contribution is 7.11. The maximum Gasteiger partial charge on any atom is 0.317 e. The molecule has 8 heteroatoms. The molecule has 0 aliphatic heterocycles. The van der Waals surface area contributed by atoms with Crippen LogP contribution in [0.5, 0.6) is 0 Å². The molecule has 0 saturated heterocycles. The van der Waals surface area contributed by atoms with Gasteiger partial charge in [-0.1, -0.05) is 12.1 Å². The zero-order valence-electron chi connectivity index (χ0n) is 14.1. The maximum atomic E-state index is 12.3. The van der Waals surface area contributed by atoms with Crippen LogP contribution < -0.4 is 5.32 Å². The van der Waals surface area contributed by atoms with Crippen LogP contribution in [0.3, 0.4) is 0 Å². The number of urea groups is 1. The highest BCUT2D eigenvalue weighted by Crippen LogP contribution is 2.28. The van der Waals surface area contributed by atoms with Crippen molar-refractivity contribution in [3.63, 3.8) is 0 Å². The van der Waals surface area contributed by atoms with E-state index in [4.69, 9.17) is 0 Å². The van der Waals surface area contributed by atoms with Gasteiger partial charge in [0.15, 0.2) is 0 Å². The number of hydrogen-bond acceptors (Lipinski definition) is 5. The van der Waals surface area contributed by atoms with Crippen molar-refractivity contribution in [2.75, 3.05) is 7.05 Å². The Morgan fingerprint density at radius 2 is 2.00 bits per heavy atom. The third-order valence-electron chi connectivity index (χ3n) is 3.81. The molecule has 0 spiro atoms. The summed E-state index contributed by atoms with van der Waals surface area (Å²) >= 11 is 1.59. The molecule has 7 nitrogen and oxygen atoms in total. The molecule has 1 atom stereocenters. The van der Waals surface area contributed by atoms with Gasteiger partial charge in [0.25, 0.3) is 5.69 Å². The number of nitro groups is 1. The summed E-state index contributed by atoms with van der Waals surface area (Å²) in [6.07, 6.45) is 0. The number of nitrogens with one attached hydrogen (secondary N) is 1. The molecule has 2 aromatic rings. The first-order valence-corrected chi connectivity index (χ1v) is 8.29. The van der Waals surface area contributed by atoms with Crippen LogP contribution >= 0.6 is 11.3 Å². The van der Waals surface area contributed by atoms with Gasteiger partial charge in [-0.25, -0.2) is 9.78 Å². The fourth-order valence-electron chi connectivity index (χ4n) is 2.32. The summed E-state index contributed by atoms with van der Waals surface area (Å²) in [5.74, 6) is 0. The normalized spacial score (nSPS) is 11.8. The lowest BCUT2D eigenvalue weighted by Gasteiger charge is -2.24. The van der Waals surface area contributed by atoms with E-state index in [0.29, 0.717) is 6.54 Å². The smallest absolute Gasteiger partial charge is 0.317 e. The minimum absolute atomic E-state index is 0.0341. The Labute approximate surface area is 144 Å². The molecule has 1 aromatic heterocycles. The highest BCUT2D eigenvalue weighted by Gasteiger charge is 2.21. The molecule has 0 aliphatic carbocycles. The number of carbonyl (C=O) groups excluding carboxylic acids is 1. The molecule has 0 unspecified atom stereocenters. The van der Waals surface area contributed by atoms with Crippen molar-refractivity contribution in [2.45, 2.75) is 33.4 Å². The van der Waals surface area contributed by atoms with Crippen molar-refractivity contribution in [1.82, 2.24) is 15.2 Å². The molecule has 1 N–H and O–H groups in total. The van der Waals surface area contributed by atoms with Crippen LogP contribution in [0.2, 0.25) is 0 Å². The summed E-state index contributed by atoms with van der Waals surface area (Å²) in [6.45, 7) is 6.17. The molecule has 0 bridgehead atoms. The van der Waals surface area contributed by atoms with Gasteiger partial charge in [0, 0.05) is 30.6 Å². The van der Waals surface area contributed by atoms with E-state index in [2.05, 4.69) is 10.3 Å². The maximum absolute atomic E-state index is 12.3. The fourth-order valence-corrected chi connectivity index (χ4v) is 3.35. The van der Waals surface area contributed by atoms with Gasteiger partial charge in [0.1, 0.15) is 0 Å². The van der Waals surface area contributed by atoms with E-state index in [0.717, 1.165) is 21.1 Å². The summed E-state index contributed by atoms with van der Waals surface area (Å²) in [7, 11) is 1.74. The number of benzene rings is 1. The molecule has 0 aliphatic rings. The molecule has 128 valence electrons. The van der Waals surface area contributed by atoms with Crippen LogP contribution in [0.1, 0.15) is 34.1 Å². The minimum Gasteiger partial charge on any atom is -0.334 e. The van der Waals surface area contributed by atoms with Crippen molar-refractivity contribution >= 4 is 23.1 Å². The van der Waals surface area contributed by atoms with Crippen LogP contribution in [0.15, 0.2) is 24.3 Å². The summed E-state index contributed by atoms with van der Waals surface area (Å²) in [5, 5.41) is 14.4. The monoisotopic (exact) mass is 348 g/mol. The summed E-state index contributed by atoms with van der Waals surface area (Å²) < 4.78 is 0. The predicted molar refractivity (Wildman–Crippen MR) is 93.1 cm³/mol. The Hall–Kier alpha value is -2.48. The number of amides is 2. The van der Waals surface area contributed by atoms with Gasteiger partial charge in [-0.2, -0.15) is 0 Å². The molecule has 0 fully saturated rings. The molecule has 1 aromatic carbocycles. The number of nitro benzene ring substituents is 1. The van der Waals surface area contributed by atoms with E-state index in [1.165, 1.54) is 12.1 Å². The number of aromatic nitrogens is 1. The van der Waals surface area contributed by atoms with E-state index in [9.17, 15) is 14.9 Å². The molecule has 24 heavy (non-hydrogen) atoms. The number of carbonyl (C=O) groups is 1. The Morgan fingerprint density at radius 1 is 1.38 bits per heavy atom. The van der Waals surface area contributed by atoms with E-state index >= 15 is 0 Å². The van der Waals surface area contributed by atoms with Gasteiger partial charge in [0.2, 0.25) is 0 Å². The Bertz CT molecular complexity index is 742. The number of thiazole rings is 1. The second-order valence-electron chi connectivity index (χ2n) is 5.55. The number of rotatable bonds is 5. The molecule has 0 radical (unpaired) electrons. The van der Waals surface area contributed by atoms with Crippen molar-refractivity contribution in [2.24, 2.45) is 0 Å². The third-order valence-corrected chi connectivity index (χ3v) is 5.05. The summed E-state index contributed by atoms with van der Waals surface area (Å²) in [4.78, 5) is 29.6. The van der Waals surface area contributed by atoms with Gasteiger partial charge in [-0.15, -0.1) is 11.3 Å². The number of aryl methyl sites for hydroxylation is 2. The van der Waals surface area contributed by atoms with Crippen molar-refractivity contribution < 1.29 is 9.72 Å². The van der Waals surface area contributed by atoms with Crippen LogP contribution in [-0.4, -0.2) is 27.9 Å². The van der Waals surface area contributed by atoms with E-state index < -0.39 is 4.92 Å². The quantitative estimate of drug-likeness (QED) is 0.661. The predicted octanol–water partition coefficient (Wildman–Crippen LogP) is 3.57. The van der Waals surface area contributed by atoms with Crippen molar-refractivity contribution in [3.05, 3.63) is 55.5 Å². The van der Waals surface area contributed by atoms with E-state index in [-0.39, 0.29) is 17.8 Å². The van der Waals surface area contributed by atoms with Gasteiger partial charge in [0.05, 0.1) is 21.7 Å². The Balaban J connectivity index is 1.96. The Morgan fingerprint density at radius 3 is 2.50 bits per heavy atom. The van der Waals surface area contributed by atoms with Crippen LogP contribution in [-0.2, 0) is 6.54 Å². The lowest BCUT2D eigenvalue weighted by atomic mass is 10.2. The van der Waals surface area contributed by atoms with E-state index in [1.54, 1.807) is 35.4 Å². The first kappa shape index (κ1) is 17.9. The molecule has 0 saturated carbocycles. The average Bonchev–Trinajstić information content (AvgIpc) is 2.89. The van der Waals surface area contributed by atoms with Gasteiger partial charge < -0.3 is 10.2 Å². The Kier molecular flexibility index (Phi) is 5.50. The molecule has 1 heterocycles. The molecule has 2 rings (SSSR count). The molecular weight excluding hydrogens is 328 g/mol. The highest BCUT2D eigenvalue weighted by atomic mass is 32.1. The number of non-ortho nitro benzene ring substituents is 1. The lowest BCUT2D eigenvalue weighted by molar-refractivity contribution is -0.384. The third kappa shape index (κ3) is 4.08. The lowest BCUT2D eigenvalue weighted by Crippen LogP contribution is -2.38. The van der Waals surface area contributed by atoms with Crippen molar-refractivity contribution in [3.8, 4) is 0 Å². The van der Waals surface area contributed by atoms with E-state index in [1.807, 2.05) is 20.8 Å². The molecule has 2 amide bonds. The average molecular weight is 348 g/mol. The van der Waals surface area contributed by atoms with Gasteiger partial charge in [-0.05, 0) is 26.3 Å². The first-order chi connectivity index (χ1) is 11.3. The molecular formula is C16H20N4O3S. The zero-order valence-corrected chi connectivity index (χ0v) is 14.9. The first-order valence-electron chi connectivity index (χ1n) is 7.47. The zero-order chi connectivity index (χ0) is 17.9. The van der Waals surface area contributed by atoms with Crippen LogP contribution in [0.25, 0.3) is 0 Å². The standard InChI is InChI=1S/C16H20N4O3S/c1-10-15(24-12(3)18-10)11(2)19(4)16(21)17-9-13-5-7-14(8-6-13)20(22)23/h5-8,11H,9H2,1-4H3,(H,17,21)/t11-/m1/s1. The minimum atomic E-state index is -0.447. The van der Waals surface area contributed by atoms with Crippen LogP contribution in [0.4, 0.5) is 10.5 Å². The topological polar surface area (TPSA) is 88.4 Å². The summed E-state index contributed by atoms with van der Waals surface area (Å²) in [6, 6.07) is 5.85. The van der Waals surface area contributed by atoms with Gasteiger partial charge in [-0.3, -0.25) is 10.1 Å². The van der Waals surface area contributed by atoms with Gasteiger partial charge >= 0.3 is 6.03 Å². The van der Waals surface area contributed by atoms with Crippen molar-refractivity contribution in [1.29, 1.82) is 0 Å². The fraction of sp³-hybridized carbons (Fsp3) is 0.375. The summed E-state index contributed by atoms with van der Waals surface area (Å²) in [5.41, 5.74) is 1.78. The SMILES string of the molecule is Cc1nc(C)c([C@@H](C)N(C)C(=O)NCc2ccc([N+](=O)[O-])cc2)s1.